The first kappa shape index (κ1) is 38.8. The Bertz CT molecular complexity index is 4370. The molecule has 0 atom stereocenters. The van der Waals surface area contributed by atoms with E-state index >= 15 is 0 Å². The Balaban J connectivity index is 0.880. The largest absolute Gasteiger partial charge is 0.456 e. The van der Waals surface area contributed by atoms with E-state index in [0.717, 1.165) is 143 Å². The molecule has 0 fully saturated rings. The smallest absolute Gasteiger partial charge is 0.137 e. The van der Waals surface area contributed by atoms with Crippen LogP contribution in [0.15, 0.2) is 224 Å². The summed E-state index contributed by atoms with van der Waals surface area (Å²) >= 11 is 0. The van der Waals surface area contributed by atoms with Crippen LogP contribution in [-0.2, 0) is 0 Å². The number of para-hydroxylation sites is 4. The summed E-state index contributed by atoms with van der Waals surface area (Å²) in [6.45, 7) is 4.34. The number of nitrogens with zero attached hydrogens (tertiary/aromatic N) is 2. The minimum Gasteiger partial charge on any atom is -0.456 e. The number of anilines is 6. The molecule has 0 amide bonds. The van der Waals surface area contributed by atoms with Crippen LogP contribution in [0.5, 0.6) is 0 Å². The van der Waals surface area contributed by atoms with Gasteiger partial charge in [0, 0.05) is 55.1 Å². The van der Waals surface area contributed by atoms with Crippen molar-refractivity contribution in [3.63, 3.8) is 0 Å². The summed E-state index contributed by atoms with van der Waals surface area (Å²) in [5, 5.41) is 13.0. The van der Waals surface area contributed by atoms with Crippen LogP contribution in [0.4, 0.5) is 34.1 Å². The number of rotatable bonds is 6. The third-order valence-corrected chi connectivity index (χ3v) is 14.4. The van der Waals surface area contributed by atoms with Gasteiger partial charge >= 0.3 is 0 Å². The number of fused-ring (bicyclic) bond motifs is 15. The molecule has 0 aliphatic carbocycles. The van der Waals surface area contributed by atoms with Gasteiger partial charge in [-0.1, -0.05) is 97.1 Å². The van der Waals surface area contributed by atoms with E-state index in [9.17, 15) is 0 Å². The van der Waals surface area contributed by atoms with Gasteiger partial charge in [0.2, 0.25) is 0 Å². The molecule has 6 nitrogen and oxygen atoms in total. The molecule has 0 saturated carbocycles. The first-order chi connectivity index (χ1) is 34.5. The van der Waals surface area contributed by atoms with E-state index in [4.69, 9.17) is 17.7 Å². The predicted octanol–water partition coefficient (Wildman–Crippen LogP) is 19.1. The second-order valence-electron chi connectivity index (χ2n) is 18.5. The molecule has 330 valence electrons. The van der Waals surface area contributed by atoms with Crippen LogP contribution >= 0.6 is 0 Å². The van der Waals surface area contributed by atoms with Gasteiger partial charge in [-0.3, -0.25) is 0 Å². The summed E-state index contributed by atoms with van der Waals surface area (Å²) in [6.07, 6.45) is 0. The molecule has 15 aromatic rings. The Kier molecular flexibility index (Phi) is 8.10. The lowest BCUT2D eigenvalue weighted by atomic mass is 10.00. The standard InChI is InChI=1S/C64H40N2O4/c1-37-13-3-7-17-49(37)65(51-19-11-23-55-61(51)45-15-5-9-21-53(45)67-55)43-27-25-39-33-47-59(35-41(39)31-43)69-57-29-30-58-64(63(47)57)48-34-40-26-28-44(32-42(40)36-60(48)70-58)66(50-18-8-4-14-38(50)2)52-20-12-24-56-62(52)46-16-6-10-22-54(46)68-56/h3-36H,1-2H3. The maximum Gasteiger partial charge on any atom is 0.137 e. The highest BCUT2D eigenvalue weighted by Crippen LogP contribution is 2.48. The Labute approximate surface area is 400 Å². The second-order valence-corrected chi connectivity index (χ2v) is 18.5. The normalized spacial score (nSPS) is 12.1. The van der Waals surface area contributed by atoms with E-state index in [1.54, 1.807) is 0 Å². The maximum absolute atomic E-state index is 6.77. The minimum absolute atomic E-state index is 0.825. The summed E-state index contributed by atoms with van der Waals surface area (Å²) in [7, 11) is 0. The molecule has 4 heterocycles. The fourth-order valence-electron chi connectivity index (χ4n) is 11.2. The molecule has 0 radical (unpaired) electrons. The summed E-state index contributed by atoms with van der Waals surface area (Å²) in [4.78, 5) is 4.72. The fourth-order valence-corrected chi connectivity index (χ4v) is 11.2. The monoisotopic (exact) mass is 900 g/mol. The van der Waals surface area contributed by atoms with Crippen molar-refractivity contribution in [2.45, 2.75) is 13.8 Å². The van der Waals surface area contributed by atoms with Gasteiger partial charge in [0.15, 0.2) is 0 Å². The minimum atomic E-state index is 0.825. The summed E-state index contributed by atoms with van der Waals surface area (Å²) in [5.74, 6) is 0. The maximum atomic E-state index is 6.77. The third-order valence-electron chi connectivity index (χ3n) is 14.4. The number of aryl methyl sites for hydroxylation is 2. The van der Waals surface area contributed by atoms with Crippen LogP contribution in [0.1, 0.15) is 11.1 Å². The molecule has 70 heavy (non-hydrogen) atoms. The summed E-state index contributed by atoms with van der Waals surface area (Å²) in [6, 6.07) is 72.8. The fraction of sp³-hybridized carbons (Fsp3) is 0.0312. The van der Waals surface area contributed by atoms with Crippen LogP contribution in [0.25, 0.3) is 109 Å². The van der Waals surface area contributed by atoms with Crippen molar-refractivity contribution >= 4 is 143 Å². The van der Waals surface area contributed by atoms with Crippen molar-refractivity contribution in [1.82, 2.24) is 0 Å². The average molecular weight is 901 g/mol. The summed E-state index contributed by atoms with van der Waals surface area (Å²) < 4.78 is 26.3. The van der Waals surface area contributed by atoms with Gasteiger partial charge < -0.3 is 27.5 Å². The quantitative estimate of drug-likeness (QED) is 0.166. The lowest BCUT2D eigenvalue weighted by molar-refractivity contribution is 0.663. The lowest BCUT2D eigenvalue weighted by Gasteiger charge is -2.28. The van der Waals surface area contributed by atoms with Gasteiger partial charge in [0.25, 0.3) is 0 Å². The van der Waals surface area contributed by atoms with Crippen LogP contribution in [-0.4, -0.2) is 0 Å². The predicted molar refractivity (Wildman–Crippen MR) is 289 cm³/mol. The zero-order valence-corrected chi connectivity index (χ0v) is 38.2. The highest BCUT2D eigenvalue weighted by atomic mass is 16.3. The van der Waals surface area contributed by atoms with Gasteiger partial charge in [0.05, 0.1) is 22.1 Å². The van der Waals surface area contributed by atoms with Crippen LogP contribution in [0, 0.1) is 13.8 Å². The van der Waals surface area contributed by atoms with Crippen LogP contribution in [0.2, 0.25) is 0 Å². The van der Waals surface area contributed by atoms with Crippen molar-refractivity contribution in [3.05, 3.63) is 217 Å². The number of hydrogen-bond acceptors (Lipinski definition) is 6. The van der Waals surface area contributed by atoms with E-state index in [2.05, 4.69) is 194 Å². The van der Waals surface area contributed by atoms with Gasteiger partial charge in [-0.25, -0.2) is 0 Å². The Morgan fingerprint density at radius 2 is 0.643 bits per heavy atom. The zero-order valence-electron chi connectivity index (χ0n) is 38.2. The SMILES string of the molecule is Cc1ccccc1N(c1ccc2cc3c(cc2c1)oc1ccc2oc4cc5cc(N(c6ccccc6C)c6cccc7oc8ccccc8c67)ccc5cc4c2c13)c1cccc2oc3ccccc3c12. The molecule has 0 aliphatic heterocycles. The first-order valence-corrected chi connectivity index (χ1v) is 23.7. The molecule has 11 aromatic carbocycles. The third kappa shape index (κ3) is 5.68. The van der Waals surface area contributed by atoms with E-state index < -0.39 is 0 Å². The van der Waals surface area contributed by atoms with Gasteiger partial charge in [0.1, 0.15) is 44.7 Å². The van der Waals surface area contributed by atoms with Gasteiger partial charge in [-0.05, 0) is 156 Å². The highest BCUT2D eigenvalue weighted by Gasteiger charge is 2.24. The molecule has 15 rings (SSSR count). The highest BCUT2D eigenvalue weighted by molar-refractivity contribution is 6.28. The van der Waals surface area contributed by atoms with Gasteiger partial charge in [-0.2, -0.15) is 0 Å². The molecule has 0 aliphatic rings. The molecule has 6 heteroatoms. The van der Waals surface area contributed by atoms with Crippen molar-refractivity contribution in [3.8, 4) is 0 Å². The summed E-state index contributed by atoms with van der Waals surface area (Å²) in [5.41, 5.74) is 15.5. The van der Waals surface area contributed by atoms with E-state index in [-0.39, 0.29) is 0 Å². The number of furan rings is 4. The molecular weight excluding hydrogens is 861 g/mol. The average Bonchev–Trinajstić information content (AvgIpc) is 4.16. The van der Waals surface area contributed by atoms with E-state index in [1.807, 2.05) is 36.4 Å². The second kappa shape index (κ2) is 14.6. The van der Waals surface area contributed by atoms with Crippen LogP contribution in [0.3, 0.4) is 0 Å². The van der Waals surface area contributed by atoms with Crippen LogP contribution < -0.4 is 9.80 Å². The molecule has 0 spiro atoms. The Morgan fingerprint density at radius 3 is 1.11 bits per heavy atom. The molecule has 0 bridgehead atoms. The zero-order chi connectivity index (χ0) is 46.2. The first-order valence-electron chi connectivity index (χ1n) is 23.7. The molecule has 0 unspecified atom stereocenters. The molecule has 0 saturated heterocycles. The molecule has 4 aromatic heterocycles. The van der Waals surface area contributed by atoms with Crippen molar-refractivity contribution in [2.24, 2.45) is 0 Å². The van der Waals surface area contributed by atoms with Crippen molar-refractivity contribution in [1.29, 1.82) is 0 Å². The Morgan fingerprint density at radius 1 is 0.257 bits per heavy atom. The van der Waals surface area contributed by atoms with E-state index in [0.29, 0.717) is 0 Å². The number of benzene rings is 11. The Hall–Kier alpha value is -9.26. The van der Waals surface area contributed by atoms with Gasteiger partial charge in [-0.15, -0.1) is 0 Å². The van der Waals surface area contributed by atoms with E-state index in [1.165, 1.54) is 11.1 Å². The van der Waals surface area contributed by atoms with Crippen molar-refractivity contribution < 1.29 is 17.7 Å². The van der Waals surface area contributed by atoms with Crippen molar-refractivity contribution in [2.75, 3.05) is 9.80 Å². The topological polar surface area (TPSA) is 59.0 Å². The molecular formula is C64H40N2O4. The lowest BCUT2D eigenvalue weighted by Crippen LogP contribution is -2.11. The molecule has 0 N–H and O–H groups in total. The number of hydrogen-bond donors (Lipinski definition) is 0.